The average Bonchev–Trinajstić information content (AvgIpc) is 2.33. The molecule has 0 saturated heterocycles. The molecule has 0 spiro atoms. The molecule has 0 bridgehead atoms. The topological polar surface area (TPSA) is 47.3 Å². The SMILES string of the molecule is COc1ccc(CCNCCCC(C)(C)N)cc1. The predicted octanol–water partition coefficient (Wildman–Crippen LogP) is 2.34. The molecule has 1 aromatic rings. The standard InChI is InChI=1S/C15H26N2O/c1-15(2,16)10-4-11-17-12-9-13-5-7-14(18-3)8-6-13/h5-8,17H,4,9-12,16H2,1-3H3. The zero-order valence-electron chi connectivity index (χ0n) is 11.8. The highest BCUT2D eigenvalue weighted by atomic mass is 16.5. The van der Waals surface area contributed by atoms with Crippen LogP contribution >= 0.6 is 0 Å². The molecule has 102 valence electrons. The summed E-state index contributed by atoms with van der Waals surface area (Å²) in [6, 6.07) is 8.24. The molecule has 0 aliphatic heterocycles. The van der Waals surface area contributed by atoms with E-state index in [4.69, 9.17) is 10.5 Å². The van der Waals surface area contributed by atoms with Gasteiger partial charge in [0.1, 0.15) is 5.75 Å². The maximum Gasteiger partial charge on any atom is 0.118 e. The van der Waals surface area contributed by atoms with Gasteiger partial charge in [-0.15, -0.1) is 0 Å². The largest absolute Gasteiger partial charge is 0.497 e. The van der Waals surface area contributed by atoms with Crippen LogP contribution in [0.1, 0.15) is 32.3 Å². The Morgan fingerprint density at radius 1 is 1.17 bits per heavy atom. The predicted molar refractivity (Wildman–Crippen MR) is 77.1 cm³/mol. The molecule has 3 nitrogen and oxygen atoms in total. The van der Waals surface area contributed by atoms with Crippen molar-refractivity contribution in [3.63, 3.8) is 0 Å². The molecule has 0 saturated carbocycles. The number of nitrogens with one attached hydrogen (secondary N) is 1. The molecule has 0 radical (unpaired) electrons. The second kappa shape index (κ2) is 7.39. The van der Waals surface area contributed by atoms with Crippen molar-refractivity contribution in [3.05, 3.63) is 29.8 Å². The fourth-order valence-corrected chi connectivity index (χ4v) is 1.82. The van der Waals surface area contributed by atoms with Crippen molar-refractivity contribution in [1.29, 1.82) is 0 Å². The highest BCUT2D eigenvalue weighted by molar-refractivity contribution is 5.27. The van der Waals surface area contributed by atoms with E-state index in [1.807, 2.05) is 12.1 Å². The van der Waals surface area contributed by atoms with Gasteiger partial charge in [-0.1, -0.05) is 12.1 Å². The van der Waals surface area contributed by atoms with Crippen molar-refractivity contribution in [2.75, 3.05) is 20.2 Å². The van der Waals surface area contributed by atoms with Crippen LogP contribution in [-0.4, -0.2) is 25.7 Å². The van der Waals surface area contributed by atoms with Crippen LogP contribution in [0.2, 0.25) is 0 Å². The number of ether oxygens (including phenoxy) is 1. The van der Waals surface area contributed by atoms with Gasteiger partial charge in [-0.05, 0) is 63.9 Å². The molecule has 0 aromatic heterocycles. The Kier molecular flexibility index (Phi) is 6.16. The lowest BCUT2D eigenvalue weighted by Crippen LogP contribution is -2.33. The summed E-state index contributed by atoms with van der Waals surface area (Å²) in [6.45, 7) is 6.20. The average molecular weight is 250 g/mol. The Balaban J connectivity index is 2.10. The quantitative estimate of drug-likeness (QED) is 0.696. The lowest BCUT2D eigenvalue weighted by atomic mass is 10.0. The van der Waals surface area contributed by atoms with E-state index in [0.717, 1.165) is 38.1 Å². The van der Waals surface area contributed by atoms with Crippen molar-refractivity contribution in [3.8, 4) is 5.75 Å². The molecule has 0 unspecified atom stereocenters. The van der Waals surface area contributed by atoms with Gasteiger partial charge in [0.15, 0.2) is 0 Å². The Labute approximate surface area is 111 Å². The highest BCUT2D eigenvalue weighted by Crippen LogP contribution is 2.11. The molecule has 0 atom stereocenters. The van der Waals surface area contributed by atoms with Crippen LogP contribution < -0.4 is 15.8 Å². The fourth-order valence-electron chi connectivity index (χ4n) is 1.82. The van der Waals surface area contributed by atoms with Crippen LogP contribution in [0.15, 0.2) is 24.3 Å². The molecule has 1 aromatic carbocycles. The molecule has 0 aliphatic carbocycles. The maximum absolute atomic E-state index is 5.93. The van der Waals surface area contributed by atoms with E-state index >= 15 is 0 Å². The monoisotopic (exact) mass is 250 g/mol. The number of rotatable bonds is 8. The summed E-state index contributed by atoms with van der Waals surface area (Å²) in [5, 5.41) is 3.45. The first-order chi connectivity index (χ1) is 8.51. The lowest BCUT2D eigenvalue weighted by molar-refractivity contribution is 0.414. The zero-order chi connectivity index (χ0) is 13.4. The minimum Gasteiger partial charge on any atom is -0.497 e. The van der Waals surface area contributed by atoms with E-state index in [2.05, 4.69) is 31.3 Å². The summed E-state index contributed by atoms with van der Waals surface area (Å²) >= 11 is 0. The van der Waals surface area contributed by atoms with Gasteiger partial charge in [-0.25, -0.2) is 0 Å². The summed E-state index contributed by atoms with van der Waals surface area (Å²) in [6.07, 6.45) is 3.24. The first-order valence-corrected chi connectivity index (χ1v) is 6.64. The van der Waals surface area contributed by atoms with Crippen molar-refractivity contribution in [2.24, 2.45) is 5.73 Å². The van der Waals surface area contributed by atoms with Gasteiger partial charge in [0.05, 0.1) is 7.11 Å². The van der Waals surface area contributed by atoms with Crippen LogP contribution in [-0.2, 0) is 6.42 Å². The molecule has 18 heavy (non-hydrogen) atoms. The summed E-state index contributed by atoms with van der Waals surface area (Å²) in [5.74, 6) is 0.914. The van der Waals surface area contributed by atoms with Gasteiger partial charge in [0.2, 0.25) is 0 Å². The van der Waals surface area contributed by atoms with Crippen molar-refractivity contribution in [2.45, 2.75) is 38.6 Å². The Hall–Kier alpha value is -1.06. The molecular formula is C15H26N2O. The second-order valence-corrected chi connectivity index (χ2v) is 5.44. The van der Waals surface area contributed by atoms with Crippen LogP contribution in [0.25, 0.3) is 0 Å². The third kappa shape index (κ3) is 6.62. The lowest BCUT2D eigenvalue weighted by Gasteiger charge is -2.17. The van der Waals surface area contributed by atoms with Gasteiger partial charge < -0.3 is 15.8 Å². The fraction of sp³-hybridized carbons (Fsp3) is 0.600. The normalized spacial score (nSPS) is 11.6. The molecule has 3 N–H and O–H groups in total. The minimum atomic E-state index is -0.0440. The number of nitrogens with two attached hydrogens (primary N) is 1. The molecular weight excluding hydrogens is 224 g/mol. The van der Waals surface area contributed by atoms with Gasteiger partial charge in [0.25, 0.3) is 0 Å². The van der Waals surface area contributed by atoms with E-state index < -0.39 is 0 Å². The number of hydrogen-bond acceptors (Lipinski definition) is 3. The highest BCUT2D eigenvalue weighted by Gasteiger charge is 2.08. The smallest absolute Gasteiger partial charge is 0.118 e. The Morgan fingerprint density at radius 3 is 2.39 bits per heavy atom. The van der Waals surface area contributed by atoms with E-state index in [-0.39, 0.29) is 5.54 Å². The first kappa shape index (κ1) is 15.0. The minimum absolute atomic E-state index is 0.0440. The van der Waals surface area contributed by atoms with E-state index in [0.29, 0.717) is 0 Å². The van der Waals surface area contributed by atoms with Crippen molar-refractivity contribution in [1.82, 2.24) is 5.32 Å². The summed E-state index contributed by atoms with van der Waals surface area (Å²) < 4.78 is 5.13. The third-order valence-electron chi connectivity index (χ3n) is 2.92. The van der Waals surface area contributed by atoms with E-state index in [1.54, 1.807) is 7.11 Å². The number of hydrogen-bond donors (Lipinski definition) is 2. The Morgan fingerprint density at radius 2 is 1.83 bits per heavy atom. The summed E-state index contributed by atoms with van der Waals surface area (Å²) in [5.41, 5.74) is 7.22. The summed E-state index contributed by atoms with van der Waals surface area (Å²) in [4.78, 5) is 0. The number of benzene rings is 1. The second-order valence-electron chi connectivity index (χ2n) is 5.44. The van der Waals surface area contributed by atoms with Crippen LogP contribution in [0.4, 0.5) is 0 Å². The van der Waals surface area contributed by atoms with Gasteiger partial charge in [0, 0.05) is 5.54 Å². The van der Waals surface area contributed by atoms with E-state index in [9.17, 15) is 0 Å². The Bertz CT molecular complexity index is 327. The molecule has 3 heteroatoms. The molecule has 0 amide bonds. The first-order valence-electron chi connectivity index (χ1n) is 6.64. The van der Waals surface area contributed by atoms with Gasteiger partial charge in [-0.2, -0.15) is 0 Å². The zero-order valence-corrected chi connectivity index (χ0v) is 11.8. The summed E-state index contributed by atoms with van der Waals surface area (Å²) in [7, 11) is 1.69. The van der Waals surface area contributed by atoms with E-state index in [1.165, 1.54) is 5.56 Å². The maximum atomic E-state index is 5.93. The van der Waals surface area contributed by atoms with Crippen LogP contribution in [0.3, 0.4) is 0 Å². The van der Waals surface area contributed by atoms with Gasteiger partial charge >= 0.3 is 0 Å². The molecule has 0 fully saturated rings. The van der Waals surface area contributed by atoms with Crippen molar-refractivity contribution < 1.29 is 4.74 Å². The van der Waals surface area contributed by atoms with Crippen LogP contribution in [0.5, 0.6) is 5.75 Å². The molecule has 0 heterocycles. The van der Waals surface area contributed by atoms with Crippen molar-refractivity contribution >= 4 is 0 Å². The number of methoxy groups -OCH3 is 1. The molecule has 0 aliphatic rings. The molecule has 1 rings (SSSR count). The van der Waals surface area contributed by atoms with Crippen LogP contribution in [0, 0.1) is 0 Å². The third-order valence-corrected chi connectivity index (χ3v) is 2.92. The van der Waals surface area contributed by atoms with Gasteiger partial charge in [-0.3, -0.25) is 0 Å².